The maximum atomic E-state index is 11.9. The second-order valence-corrected chi connectivity index (χ2v) is 9.15. The summed E-state index contributed by atoms with van der Waals surface area (Å²) < 4.78 is 26.5. The summed E-state index contributed by atoms with van der Waals surface area (Å²) in [6, 6.07) is 0. The first-order chi connectivity index (χ1) is 8.18. The lowest BCUT2D eigenvalue weighted by atomic mass is 9.89. The lowest BCUT2D eigenvalue weighted by molar-refractivity contribution is 0.360. The van der Waals surface area contributed by atoms with E-state index in [0.29, 0.717) is 18.9 Å². The summed E-state index contributed by atoms with van der Waals surface area (Å²) in [4.78, 5) is 0. The fourth-order valence-corrected chi connectivity index (χ4v) is 4.09. The molecule has 0 aromatic heterocycles. The molecule has 1 rings (SSSR count). The Morgan fingerprint density at radius 2 is 1.94 bits per heavy atom. The zero-order chi connectivity index (χ0) is 13.8. The van der Waals surface area contributed by atoms with Crippen LogP contribution in [0.1, 0.15) is 52.9 Å². The molecular formula is C13H26ClNO2S. The predicted octanol–water partition coefficient (Wildman–Crippen LogP) is 3.14. The molecule has 3 nitrogen and oxygen atoms in total. The standard InChI is InChI=1S/C13H26ClNO2S/c1-13(2,3)7-8-18(16,17)15-10-11-5-4-6-12(14)9-11/h11-12,15H,4-10H2,1-3H3. The lowest BCUT2D eigenvalue weighted by Crippen LogP contribution is -2.34. The maximum absolute atomic E-state index is 11.9. The van der Waals surface area contributed by atoms with Crippen molar-refractivity contribution in [3.8, 4) is 0 Å². The molecule has 5 heteroatoms. The summed E-state index contributed by atoms with van der Waals surface area (Å²) >= 11 is 6.11. The first-order valence-corrected chi connectivity index (χ1v) is 8.88. The normalized spacial score (nSPS) is 26.2. The van der Waals surface area contributed by atoms with Crippen LogP contribution < -0.4 is 4.72 Å². The highest BCUT2D eigenvalue weighted by atomic mass is 35.5. The van der Waals surface area contributed by atoms with E-state index in [0.717, 1.165) is 25.7 Å². The highest BCUT2D eigenvalue weighted by molar-refractivity contribution is 7.89. The van der Waals surface area contributed by atoms with E-state index in [2.05, 4.69) is 25.5 Å². The van der Waals surface area contributed by atoms with Gasteiger partial charge < -0.3 is 0 Å². The zero-order valence-corrected chi connectivity index (χ0v) is 13.3. The monoisotopic (exact) mass is 295 g/mol. The summed E-state index contributed by atoms with van der Waals surface area (Å²) in [5.41, 5.74) is 0.0564. The molecule has 108 valence electrons. The van der Waals surface area contributed by atoms with Crippen LogP contribution in [0.25, 0.3) is 0 Å². The number of hydrogen-bond acceptors (Lipinski definition) is 2. The molecule has 0 heterocycles. The van der Waals surface area contributed by atoms with Crippen LogP contribution in [-0.4, -0.2) is 26.1 Å². The Labute approximate surface area is 117 Å². The molecule has 0 amide bonds. The van der Waals surface area contributed by atoms with E-state index in [1.807, 2.05) is 0 Å². The zero-order valence-electron chi connectivity index (χ0n) is 11.7. The largest absolute Gasteiger partial charge is 0.215 e. The van der Waals surface area contributed by atoms with E-state index in [1.165, 1.54) is 0 Å². The minimum absolute atomic E-state index is 0.0564. The average molecular weight is 296 g/mol. The quantitative estimate of drug-likeness (QED) is 0.792. The fraction of sp³-hybridized carbons (Fsp3) is 1.00. The molecule has 2 atom stereocenters. The van der Waals surface area contributed by atoms with Crippen molar-refractivity contribution in [2.24, 2.45) is 11.3 Å². The SMILES string of the molecule is CC(C)(C)CCS(=O)(=O)NCC1CCCC(Cl)C1. The Morgan fingerprint density at radius 1 is 1.28 bits per heavy atom. The number of nitrogens with one attached hydrogen (secondary N) is 1. The van der Waals surface area contributed by atoms with Crippen LogP contribution in [-0.2, 0) is 10.0 Å². The summed E-state index contributed by atoms with van der Waals surface area (Å²) in [6.07, 6.45) is 4.89. The van der Waals surface area contributed by atoms with Crippen LogP contribution in [0.4, 0.5) is 0 Å². The number of halogens is 1. The van der Waals surface area contributed by atoms with Gasteiger partial charge in [0.2, 0.25) is 10.0 Å². The van der Waals surface area contributed by atoms with Crippen molar-refractivity contribution in [3.05, 3.63) is 0 Å². The van der Waals surface area contributed by atoms with E-state index in [1.54, 1.807) is 0 Å². The molecular weight excluding hydrogens is 270 g/mol. The van der Waals surface area contributed by atoms with Gasteiger partial charge in [-0.15, -0.1) is 11.6 Å². The van der Waals surface area contributed by atoms with Crippen LogP contribution in [0.15, 0.2) is 0 Å². The first-order valence-electron chi connectivity index (χ1n) is 6.79. The molecule has 0 aromatic carbocycles. The van der Waals surface area contributed by atoms with Crippen LogP contribution in [0.2, 0.25) is 0 Å². The maximum Gasteiger partial charge on any atom is 0.211 e. The van der Waals surface area contributed by atoms with Crippen molar-refractivity contribution in [1.82, 2.24) is 4.72 Å². The Hall–Kier alpha value is 0.200. The number of hydrogen-bond donors (Lipinski definition) is 1. The fourth-order valence-electron chi connectivity index (χ4n) is 2.17. The van der Waals surface area contributed by atoms with E-state index in [4.69, 9.17) is 11.6 Å². The Balaban J connectivity index is 2.32. The first kappa shape index (κ1) is 16.3. The molecule has 0 aliphatic heterocycles. The molecule has 0 aromatic rings. The molecule has 1 saturated carbocycles. The average Bonchev–Trinajstić information content (AvgIpc) is 2.24. The summed E-state index contributed by atoms with van der Waals surface area (Å²) in [5.74, 6) is 0.624. The van der Waals surface area contributed by atoms with E-state index >= 15 is 0 Å². The minimum Gasteiger partial charge on any atom is -0.215 e. The minimum atomic E-state index is -3.12. The van der Waals surface area contributed by atoms with Crippen LogP contribution in [0.3, 0.4) is 0 Å². The predicted molar refractivity (Wildman–Crippen MR) is 77.5 cm³/mol. The van der Waals surface area contributed by atoms with Gasteiger partial charge in [-0.25, -0.2) is 13.1 Å². The molecule has 0 spiro atoms. The molecule has 0 saturated heterocycles. The van der Waals surface area contributed by atoms with Gasteiger partial charge in [0.05, 0.1) is 5.75 Å². The third kappa shape index (κ3) is 6.95. The van der Waals surface area contributed by atoms with Crippen molar-refractivity contribution in [2.45, 2.75) is 58.3 Å². The van der Waals surface area contributed by atoms with E-state index in [9.17, 15) is 8.42 Å². The molecule has 2 unspecified atom stereocenters. The van der Waals surface area contributed by atoms with Crippen molar-refractivity contribution >= 4 is 21.6 Å². The van der Waals surface area contributed by atoms with Crippen LogP contribution >= 0.6 is 11.6 Å². The van der Waals surface area contributed by atoms with Gasteiger partial charge in [0.15, 0.2) is 0 Å². The van der Waals surface area contributed by atoms with Gasteiger partial charge >= 0.3 is 0 Å². The van der Waals surface area contributed by atoms with Gasteiger partial charge in [-0.2, -0.15) is 0 Å². The number of alkyl halides is 1. The second-order valence-electron chi connectivity index (χ2n) is 6.61. The van der Waals surface area contributed by atoms with Crippen molar-refractivity contribution < 1.29 is 8.42 Å². The third-order valence-electron chi connectivity index (χ3n) is 3.43. The molecule has 1 aliphatic carbocycles. The smallest absolute Gasteiger partial charge is 0.211 e. The van der Waals surface area contributed by atoms with Crippen LogP contribution in [0, 0.1) is 11.3 Å². The molecule has 1 N–H and O–H groups in total. The van der Waals surface area contributed by atoms with Crippen molar-refractivity contribution in [1.29, 1.82) is 0 Å². The van der Waals surface area contributed by atoms with Gasteiger partial charge in [0, 0.05) is 11.9 Å². The molecule has 0 radical (unpaired) electrons. The van der Waals surface area contributed by atoms with Crippen LogP contribution in [0.5, 0.6) is 0 Å². The topological polar surface area (TPSA) is 46.2 Å². The Kier molecular flexibility index (Phi) is 5.94. The Bertz CT molecular complexity index is 348. The summed E-state index contributed by atoms with van der Waals surface area (Å²) in [6.45, 7) is 6.72. The lowest BCUT2D eigenvalue weighted by Gasteiger charge is -2.25. The number of rotatable bonds is 5. The van der Waals surface area contributed by atoms with Gasteiger partial charge in [-0.05, 0) is 37.0 Å². The van der Waals surface area contributed by atoms with Gasteiger partial charge in [-0.3, -0.25) is 0 Å². The van der Waals surface area contributed by atoms with Gasteiger partial charge in [-0.1, -0.05) is 27.2 Å². The molecule has 0 bridgehead atoms. The highest BCUT2D eigenvalue weighted by Gasteiger charge is 2.23. The second kappa shape index (κ2) is 6.58. The van der Waals surface area contributed by atoms with E-state index < -0.39 is 10.0 Å². The number of sulfonamides is 1. The van der Waals surface area contributed by atoms with Crippen molar-refractivity contribution in [3.63, 3.8) is 0 Å². The summed E-state index contributed by atoms with van der Waals surface area (Å²) in [5, 5.41) is 0.225. The third-order valence-corrected chi connectivity index (χ3v) is 5.18. The Morgan fingerprint density at radius 3 is 2.50 bits per heavy atom. The molecule has 18 heavy (non-hydrogen) atoms. The van der Waals surface area contributed by atoms with Gasteiger partial charge in [0.25, 0.3) is 0 Å². The van der Waals surface area contributed by atoms with Gasteiger partial charge in [0.1, 0.15) is 0 Å². The molecule has 1 aliphatic rings. The van der Waals surface area contributed by atoms with Crippen molar-refractivity contribution in [2.75, 3.05) is 12.3 Å². The highest BCUT2D eigenvalue weighted by Crippen LogP contribution is 2.27. The summed E-state index contributed by atoms with van der Waals surface area (Å²) in [7, 11) is -3.12. The van der Waals surface area contributed by atoms with E-state index in [-0.39, 0.29) is 16.5 Å². The molecule has 1 fully saturated rings.